The molecule has 0 unspecified atom stereocenters. The van der Waals surface area contributed by atoms with Gasteiger partial charge in [-0.3, -0.25) is 0 Å². The lowest BCUT2D eigenvalue weighted by molar-refractivity contribution is 0.164. The first-order chi connectivity index (χ1) is 7.52. The van der Waals surface area contributed by atoms with Crippen LogP contribution in [0.3, 0.4) is 0 Å². The van der Waals surface area contributed by atoms with Crippen LogP contribution in [0, 0.1) is 0 Å². The van der Waals surface area contributed by atoms with Crippen molar-refractivity contribution in [3.8, 4) is 0 Å². The molecule has 1 aromatic rings. The standard InChI is InChI=1S/C12H20N2O2/c1-10(14(4)12(15)13(2)3)7-8-11-6-5-9-16-11/h5-6,9-10H,7-8H2,1-4H3/t10-/m1/s1. The molecule has 2 amide bonds. The zero-order valence-electron chi connectivity index (χ0n) is 10.4. The summed E-state index contributed by atoms with van der Waals surface area (Å²) in [6.07, 6.45) is 3.44. The van der Waals surface area contributed by atoms with E-state index in [-0.39, 0.29) is 12.1 Å². The van der Waals surface area contributed by atoms with Crippen molar-refractivity contribution in [1.82, 2.24) is 9.80 Å². The van der Waals surface area contributed by atoms with Crippen molar-refractivity contribution in [3.05, 3.63) is 24.2 Å². The van der Waals surface area contributed by atoms with E-state index in [1.165, 1.54) is 0 Å². The van der Waals surface area contributed by atoms with Crippen LogP contribution in [-0.4, -0.2) is 43.0 Å². The Hall–Kier alpha value is -1.45. The monoisotopic (exact) mass is 224 g/mol. The van der Waals surface area contributed by atoms with Crippen LogP contribution < -0.4 is 0 Å². The van der Waals surface area contributed by atoms with E-state index in [9.17, 15) is 4.79 Å². The third kappa shape index (κ3) is 3.29. The molecule has 0 aliphatic carbocycles. The summed E-state index contributed by atoms with van der Waals surface area (Å²) in [7, 11) is 5.35. The Morgan fingerprint density at radius 1 is 1.44 bits per heavy atom. The van der Waals surface area contributed by atoms with Crippen LogP contribution in [0.15, 0.2) is 22.8 Å². The molecule has 0 radical (unpaired) electrons. The molecule has 4 heteroatoms. The van der Waals surface area contributed by atoms with Crippen LogP contribution in [0.4, 0.5) is 4.79 Å². The number of hydrogen-bond acceptors (Lipinski definition) is 2. The van der Waals surface area contributed by atoms with Crippen molar-refractivity contribution < 1.29 is 9.21 Å². The molecule has 0 fully saturated rings. The van der Waals surface area contributed by atoms with E-state index in [4.69, 9.17) is 4.42 Å². The van der Waals surface area contributed by atoms with Gasteiger partial charge in [-0.15, -0.1) is 0 Å². The first-order valence-corrected chi connectivity index (χ1v) is 5.49. The van der Waals surface area contributed by atoms with Crippen LogP contribution in [-0.2, 0) is 6.42 Å². The van der Waals surface area contributed by atoms with Gasteiger partial charge in [0.25, 0.3) is 0 Å². The fraction of sp³-hybridized carbons (Fsp3) is 0.583. The lowest BCUT2D eigenvalue weighted by atomic mass is 10.1. The first kappa shape index (κ1) is 12.6. The van der Waals surface area contributed by atoms with Crippen LogP contribution in [0.1, 0.15) is 19.1 Å². The summed E-state index contributed by atoms with van der Waals surface area (Å²) >= 11 is 0. The molecule has 1 rings (SSSR count). The van der Waals surface area contributed by atoms with Crippen molar-refractivity contribution in [2.45, 2.75) is 25.8 Å². The number of urea groups is 1. The van der Waals surface area contributed by atoms with Crippen molar-refractivity contribution in [2.75, 3.05) is 21.1 Å². The highest BCUT2D eigenvalue weighted by atomic mass is 16.3. The van der Waals surface area contributed by atoms with E-state index in [2.05, 4.69) is 0 Å². The molecule has 0 saturated heterocycles. The lowest BCUT2D eigenvalue weighted by Crippen LogP contribution is -2.41. The molecule has 1 aromatic heterocycles. The highest BCUT2D eigenvalue weighted by Gasteiger charge is 2.17. The van der Waals surface area contributed by atoms with Gasteiger partial charge in [0.05, 0.1) is 6.26 Å². The Bertz CT molecular complexity index is 320. The van der Waals surface area contributed by atoms with Gasteiger partial charge in [-0.05, 0) is 25.5 Å². The molecular formula is C12H20N2O2. The number of hydrogen-bond donors (Lipinski definition) is 0. The second-order valence-corrected chi connectivity index (χ2v) is 4.25. The Morgan fingerprint density at radius 3 is 2.62 bits per heavy atom. The van der Waals surface area contributed by atoms with Gasteiger partial charge in [-0.1, -0.05) is 0 Å². The molecular weight excluding hydrogens is 204 g/mol. The molecule has 0 aliphatic rings. The van der Waals surface area contributed by atoms with E-state index in [1.54, 1.807) is 30.2 Å². The maximum atomic E-state index is 11.7. The second kappa shape index (κ2) is 5.58. The van der Waals surface area contributed by atoms with Crippen LogP contribution in [0.25, 0.3) is 0 Å². The Labute approximate surface area is 96.8 Å². The number of aryl methyl sites for hydroxylation is 1. The molecule has 1 atom stereocenters. The van der Waals surface area contributed by atoms with Gasteiger partial charge in [0.2, 0.25) is 0 Å². The average molecular weight is 224 g/mol. The highest BCUT2D eigenvalue weighted by molar-refractivity contribution is 5.73. The Balaban J connectivity index is 2.40. The maximum absolute atomic E-state index is 11.7. The van der Waals surface area contributed by atoms with Crippen molar-refractivity contribution in [3.63, 3.8) is 0 Å². The summed E-state index contributed by atoms with van der Waals surface area (Å²) in [6, 6.07) is 4.08. The summed E-state index contributed by atoms with van der Waals surface area (Å²) in [5.74, 6) is 0.970. The minimum Gasteiger partial charge on any atom is -0.469 e. The zero-order chi connectivity index (χ0) is 12.1. The van der Waals surface area contributed by atoms with Gasteiger partial charge in [-0.2, -0.15) is 0 Å². The fourth-order valence-electron chi connectivity index (χ4n) is 1.50. The van der Waals surface area contributed by atoms with Crippen LogP contribution in [0.2, 0.25) is 0 Å². The summed E-state index contributed by atoms with van der Waals surface area (Å²) in [5.41, 5.74) is 0. The summed E-state index contributed by atoms with van der Waals surface area (Å²) in [4.78, 5) is 15.0. The van der Waals surface area contributed by atoms with Crippen molar-refractivity contribution >= 4 is 6.03 Å². The largest absolute Gasteiger partial charge is 0.469 e. The number of furan rings is 1. The molecule has 0 aromatic carbocycles. The molecule has 0 N–H and O–H groups in total. The number of carbonyl (C=O) groups is 1. The number of nitrogens with zero attached hydrogens (tertiary/aromatic N) is 2. The first-order valence-electron chi connectivity index (χ1n) is 5.49. The van der Waals surface area contributed by atoms with Crippen LogP contribution >= 0.6 is 0 Å². The van der Waals surface area contributed by atoms with Gasteiger partial charge in [0.1, 0.15) is 5.76 Å². The Morgan fingerprint density at radius 2 is 2.12 bits per heavy atom. The second-order valence-electron chi connectivity index (χ2n) is 4.25. The number of rotatable bonds is 4. The molecule has 0 bridgehead atoms. The Kier molecular flexibility index (Phi) is 4.40. The summed E-state index contributed by atoms with van der Waals surface area (Å²) in [5, 5.41) is 0. The number of carbonyl (C=O) groups excluding carboxylic acids is 1. The lowest BCUT2D eigenvalue weighted by Gasteiger charge is -2.27. The molecule has 1 heterocycles. The summed E-state index contributed by atoms with van der Waals surface area (Å²) in [6.45, 7) is 2.05. The van der Waals surface area contributed by atoms with Gasteiger partial charge in [-0.25, -0.2) is 4.79 Å². The topological polar surface area (TPSA) is 36.7 Å². The van der Waals surface area contributed by atoms with E-state index in [1.807, 2.05) is 26.1 Å². The molecule has 90 valence electrons. The SMILES string of the molecule is C[C@H](CCc1ccco1)N(C)C(=O)N(C)C. The molecule has 4 nitrogen and oxygen atoms in total. The molecule has 16 heavy (non-hydrogen) atoms. The molecule has 0 aliphatic heterocycles. The zero-order valence-corrected chi connectivity index (χ0v) is 10.4. The molecule has 0 spiro atoms. The minimum absolute atomic E-state index is 0.0342. The third-order valence-corrected chi connectivity index (χ3v) is 2.73. The van der Waals surface area contributed by atoms with E-state index < -0.39 is 0 Å². The van der Waals surface area contributed by atoms with E-state index in [0.717, 1.165) is 18.6 Å². The predicted octanol–water partition coefficient (Wildman–Crippen LogP) is 2.21. The van der Waals surface area contributed by atoms with Crippen molar-refractivity contribution in [1.29, 1.82) is 0 Å². The minimum atomic E-state index is 0.0342. The fourth-order valence-corrected chi connectivity index (χ4v) is 1.50. The van der Waals surface area contributed by atoms with Crippen molar-refractivity contribution in [2.24, 2.45) is 0 Å². The van der Waals surface area contributed by atoms with Crippen LogP contribution in [0.5, 0.6) is 0 Å². The predicted molar refractivity (Wildman–Crippen MR) is 63.3 cm³/mol. The van der Waals surface area contributed by atoms with Gasteiger partial charge in [0, 0.05) is 33.6 Å². The number of amides is 2. The van der Waals surface area contributed by atoms with Gasteiger partial charge < -0.3 is 14.2 Å². The van der Waals surface area contributed by atoms with Gasteiger partial charge in [0.15, 0.2) is 0 Å². The third-order valence-electron chi connectivity index (χ3n) is 2.73. The van der Waals surface area contributed by atoms with E-state index >= 15 is 0 Å². The maximum Gasteiger partial charge on any atom is 0.319 e. The van der Waals surface area contributed by atoms with E-state index in [0.29, 0.717) is 0 Å². The smallest absolute Gasteiger partial charge is 0.319 e. The average Bonchev–Trinajstić information content (AvgIpc) is 2.76. The summed E-state index contributed by atoms with van der Waals surface area (Å²) < 4.78 is 5.26. The molecule has 0 saturated carbocycles. The quantitative estimate of drug-likeness (QED) is 0.786. The van der Waals surface area contributed by atoms with Gasteiger partial charge >= 0.3 is 6.03 Å². The highest BCUT2D eigenvalue weighted by Crippen LogP contribution is 2.10. The normalized spacial score (nSPS) is 12.2.